The van der Waals surface area contributed by atoms with Gasteiger partial charge in [-0.2, -0.15) is 11.3 Å². The van der Waals surface area contributed by atoms with Crippen LogP contribution >= 0.6 is 11.3 Å². The summed E-state index contributed by atoms with van der Waals surface area (Å²) in [5.41, 5.74) is 6.49. The fourth-order valence-electron chi connectivity index (χ4n) is 1.53. The van der Waals surface area contributed by atoms with Crippen molar-refractivity contribution in [3.05, 3.63) is 44.6 Å². The van der Waals surface area contributed by atoms with E-state index in [0.29, 0.717) is 5.82 Å². The van der Waals surface area contributed by atoms with Crippen LogP contribution in [0.3, 0.4) is 0 Å². The number of rotatable bonds is 4. The maximum absolute atomic E-state index is 10.6. The number of nitrogen functional groups attached to an aromatic ring is 1. The maximum atomic E-state index is 10.6. The van der Waals surface area contributed by atoms with Crippen LogP contribution in [0.1, 0.15) is 18.5 Å². The van der Waals surface area contributed by atoms with Gasteiger partial charge in [0.2, 0.25) is 5.82 Å². The fraction of sp³-hybridized carbons (Fsp3) is 0.182. The summed E-state index contributed by atoms with van der Waals surface area (Å²) in [7, 11) is 0. The Morgan fingerprint density at radius 1 is 1.50 bits per heavy atom. The molecule has 1 atom stereocenters. The second kappa shape index (κ2) is 5.01. The minimum Gasteiger partial charge on any atom is -0.378 e. The van der Waals surface area contributed by atoms with Crippen LogP contribution in [-0.2, 0) is 0 Å². The van der Waals surface area contributed by atoms with Gasteiger partial charge in [-0.25, -0.2) is 4.98 Å². The number of nitrogens with one attached hydrogen (secondary N) is 1. The van der Waals surface area contributed by atoms with Gasteiger partial charge in [0.25, 0.3) is 0 Å². The SMILES string of the molecule is CC(Nc1ccc([N+](=O)[O-])c(N)n1)c1ccsc1. The predicted octanol–water partition coefficient (Wildman–Crippen LogP) is 2.81. The number of hydrogen-bond acceptors (Lipinski definition) is 6. The molecule has 1 unspecified atom stereocenters. The van der Waals surface area contributed by atoms with E-state index in [0.717, 1.165) is 5.56 Å². The van der Waals surface area contributed by atoms with Gasteiger partial charge >= 0.3 is 5.69 Å². The van der Waals surface area contributed by atoms with Gasteiger partial charge in [-0.1, -0.05) is 0 Å². The number of nitrogens with zero attached hydrogens (tertiary/aromatic N) is 2. The molecule has 3 N–H and O–H groups in total. The van der Waals surface area contributed by atoms with Crippen molar-refractivity contribution in [1.29, 1.82) is 0 Å². The number of nitro groups is 1. The standard InChI is InChI=1S/C11H12N4O2S/c1-7(8-4-5-18-6-8)13-10-3-2-9(15(16)17)11(12)14-10/h2-7H,1H3,(H3,12,13,14). The van der Waals surface area contributed by atoms with Gasteiger partial charge in [0.1, 0.15) is 5.82 Å². The molecule has 0 bridgehead atoms. The monoisotopic (exact) mass is 264 g/mol. The highest BCUT2D eigenvalue weighted by Crippen LogP contribution is 2.24. The summed E-state index contributed by atoms with van der Waals surface area (Å²) in [5.74, 6) is 0.444. The Morgan fingerprint density at radius 2 is 2.28 bits per heavy atom. The first-order chi connectivity index (χ1) is 8.58. The normalized spacial score (nSPS) is 12.1. The molecule has 0 aliphatic rings. The van der Waals surface area contributed by atoms with E-state index in [4.69, 9.17) is 5.73 Å². The van der Waals surface area contributed by atoms with Crippen molar-refractivity contribution in [2.45, 2.75) is 13.0 Å². The Hall–Kier alpha value is -2.15. The van der Waals surface area contributed by atoms with Crippen LogP contribution in [0.4, 0.5) is 17.3 Å². The van der Waals surface area contributed by atoms with E-state index >= 15 is 0 Å². The molecule has 6 nitrogen and oxygen atoms in total. The zero-order valence-electron chi connectivity index (χ0n) is 9.66. The smallest absolute Gasteiger partial charge is 0.311 e. The maximum Gasteiger partial charge on any atom is 0.311 e. The van der Waals surface area contributed by atoms with Crippen molar-refractivity contribution >= 4 is 28.7 Å². The van der Waals surface area contributed by atoms with E-state index in [9.17, 15) is 10.1 Å². The molecular formula is C11H12N4O2S. The fourth-order valence-corrected chi connectivity index (χ4v) is 2.28. The largest absolute Gasteiger partial charge is 0.378 e. The number of aromatic nitrogens is 1. The van der Waals surface area contributed by atoms with E-state index < -0.39 is 4.92 Å². The Kier molecular flexibility index (Phi) is 3.42. The Balaban J connectivity index is 2.15. The number of hydrogen-bond donors (Lipinski definition) is 2. The number of nitrogens with two attached hydrogens (primary N) is 1. The highest BCUT2D eigenvalue weighted by Gasteiger charge is 2.14. The number of anilines is 2. The summed E-state index contributed by atoms with van der Waals surface area (Å²) in [6, 6.07) is 4.99. The second-order valence-corrected chi connectivity index (χ2v) is 4.56. The zero-order valence-corrected chi connectivity index (χ0v) is 10.5. The van der Waals surface area contributed by atoms with Crippen LogP contribution < -0.4 is 11.1 Å². The first-order valence-corrected chi connectivity index (χ1v) is 6.21. The summed E-state index contributed by atoms with van der Waals surface area (Å²) in [4.78, 5) is 14.0. The molecule has 0 fully saturated rings. The third kappa shape index (κ3) is 2.57. The van der Waals surface area contributed by atoms with Crippen molar-refractivity contribution in [1.82, 2.24) is 4.98 Å². The summed E-state index contributed by atoms with van der Waals surface area (Å²) in [6.07, 6.45) is 0. The first kappa shape index (κ1) is 12.3. The lowest BCUT2D eigenvalue weighted by molar-refractivity contribution is -0.384. The average Bonchev–Trinajstić information content (AvgIpc) is 2.81. The summed E-state index contributed by atoms with van der Waals surface area (Å²) >= 11 is 1.61. The lowest BCUT2D eigenvalue weighted by Gasteiger charge is -2.13. The van der Waals surface area contributed by atoms with Gasteiger partial charge in [-0.05, 0) is 35.4 Å². The van der Waals surface area contributed by atoms with Crippen molar-refractivity contribution < 1.29 is 4.92 Å². The number of pyridine rings is 1. The van der Waals surface area contributed by atoms with Crippen molar-refractivity contribution in [2.24, 2.45) is 0 Å². The van der Waals surface area contributed by atoms with E-state index in [1.807, 2.05) is 23.8 Å². The van der Waals surface area contributed by atoms with E-state index in [1.54, 1.807) is 17.4 Å². The molecule has 0 aliphatic heterocycles. The average molecular weight is 264 g/mol. The van der Waals surface area contributed by atoms with Gasteiger partial charge in [-0.15, -0.1) is 0 Å². The van der Waals surface area contributed by atoms with E-state index in [-0.39, 0.29) is 17.5 Å². The molecule has 7 heteroatoms. The first-order valence-electron chi connectivity index (χ1n) is 5.27. The number of thiophene rings is 1. The third-order valence-corrected chi connectivity index (χ3v) is 3.21. The Labute approximate surface area is 108 Å². The quantitative estimate of drug-likeness (QED) is 0.654. The molecule has 0 saturated carbocycles. The summed E-state index contributed by atoms with van der Waals surface area (Å²) in [6.45, 7) is 1.99. The van der Waals surface area contributed by atoms with Crippen LogP contribution in [0, 0.1) is 10.1 Å². The van der Waals surface area contributed by atoms with Crippen molar-refractivity contribution in [2.75, 3.05) is 11.1 Å². The highest BCUT2D eigenvalue weighted by molar-refractivity contribution is 7.07. The molecule has 0 saturated heterocycles. The minimum absolute atomic E-state index is 0.0737. The molecule has 0 amide bonds. The molecule has 2 aromatic heterocycles. The molecule has 18 heavy (non-hydrogen) atoms. The van der Waals surface area contributed by atoms with E-state index in [1.165, 1.54) is 6.07 Å². The molecule has 0 aliphatic carbocycles. The van der Waals surface area contributed by atoms with Gasteiger partial charge in [0.05, 0.1) is 11.0 Å². The second-order valence-electron chi connectivity index (χ2n) is 3.78. The minimum atomic E-state index is -0.547. The molecule has 0 aromatic carbocycles. The Bertz CT molecular complexity index is 556. The van der Waals surface area contributed by atoms with E-state index in [2.05, 4.69) is 10.3 Å². The van der Waals surface area contributed by atoms with Gasteiger partial charge in [0.15, 0.2) is 0 Å². The predicted molar refractivity (Wildman–Crippen MR) is 71.7 cm³/mol. The molecule has 2 rings (SSSR count). The van der Waals surface area contributed by atoms with Gasteiger partial charge in [-0.3, -0.25) is 10.1 Å². The molecule has 0 radical (unpaired) electrons. The van der Waals surface area contributed by atoms with Gasteiger partial charge in [0, 0.05) is 6.07 Å². The van der Waals surface area contributed by atoms with Crippen LogP contribution in [0.5, 0.6) is 0 Å². The third-order valence-electron chi connectivity index (χ3n) is 2.51. The van der Waals surface area contributed by atoms with Crippen LogP contribution in [-0.4, -0.2) is 9.91 Å². The summed E-state index contributed by atoms with van der Waals surface area (Å²) < 4.78 is 0. The van der Waals surface area contributed by atoms with Crippen molar-refractivity contribution in [3.8, 4) is 0 Å². The topological polar surface area (TPSA) is 94.1 Å². The molecule has 2 aromatic rings. The van der Waals surface area contributed by atoms with Crippen molar-refractivity contribution in [3.63, 3.8) is 0 Å². The van der Waals surface area contributed by atoms with Crippen LogP contribution in [0.2, 0.25) is 0 Å². The molecular weight excluding hydrogens is 252 g/mol. The van der Waals surface area contributed by atoms with Crippen LogP contribution in [0.15, 0.2) is 29.0 Å². The van der Waals surface area contributed by atoms with Crippen LogP contribution in [0.25, 0.3) is 0 Å². The lowest BCUT2D eigenvalue weighted by Crippen LogP contribution is -2.08. The summed E-state index contributed by atoms with van der Waals surface area (Å²) in [5, 5.41) is 17.8. The molecule has 0 spiro atoms. The zero-order chi connectivity index (χ0) is 13.1. The molecule has 2 heterocycles. The highest BCUT2D eigenvalue weighted by atomic mass is 32.1. The lowest BCUT2D eigenvalue weighted by atomic mass is 10.2. The van der Waals surface area contributed by atoms with Gasteiger partial charge < -0.3 is 11.1 Å². The Morgan fingerprint density at radius 3 is 2.83 bits per heavy atom. The molecule has 94 valence electrons.